The summed E-state index contributed by atoms with van der Waals surface area (Å²) in [5.74, 6) is 3.20. The minimum absolute atomic E-state index is 0.0975. The van der Waals surface area contributed by atoms with Gasteiger partial charge in [0, 0.05) is 17.1 Å². The van der Waals surface area contributed by atoms with Crippen molar-refractivity contribution in [2.24, 2.45) is 5.92 Å². The molecule has 0 radical (unpaired) electrons. The summed E-state index contributed by atoms with van der Waals surface area (Å²) in [6.45, 7) is 1.20. The summed E-state index contributed by atoms with van der Waals surface area (Å²) >= 11 is 3.25. The fourth-order valence-electron chi connectivity index (χ4n) is 1.88. The normalized spacial score (nSPS) is 14.0. The van der Waals surface area contributed by atoms with Gasteiger partial charge >= 0.3 is 0 Å². The van der Waals surface area contributed by atoms with Crippen molar-refractivity contribution in [1.82, 2.24) is 0 Å². The van der Waals surface area contributed by atoms with Gasteiger partial charge in [0.2, 0.25) is 0 Å². The van der Waals surface area contributed by atoms with E-state index in [1.54, 1.807) is 12.1 Å². The second kappa shape index (κ2) is 5.40. The van der Waals surface area contributed by atoms with Gasteiger partial charge in [0.05, 0.1) is 11.5 Å². The first-order valence-corrected chi connectivity index (χ1v) is 6.53. The average Bonchev–Trinajstić information content (AvgIpc) is 3.12. The molecule has 1 fully saturated rings. The van der Waals surface area contributed by atoms with E-state index in [2.05, 4.69) is 21.9 Å². The van der Waals surface area contributed by atoms with Crippen LogP contribution in [0.1, 0.15) is 12.8 Å². The molecule has 0 saturated heterocycles. The molecule has 4 nitrogen and oxygen atoms in total. The molecule has 0 amide bonds. The van der Waals surface area contributed by atoms with Gasteiger partial charge in [-0.3, -0.25) is 10.1 Å². The molecule has 0 aliphatic heterocycles. The van der Waals surface area contributed by atoms with Crippen LogP contribution in [0.4, 0.5) is 11.4 Å². The molecule has 1 aromatic carbocycles. The molecular weight excluding hydrogens is 296 g/mol. The molecule has 0 aromatic heterocycles. The maximum atomic E-state index is 11.1. The van der Waals surface area contributed by atoms with Crippen molar-refractivity contribution in [2.75, 3.05) is 18.0 Å². The van der Waals surface area contributed by atoms with Gasteiger partial charge in [0.25, 0.3) is 5.69 Å². The van der Waals surface area contributed by atoms with Crippen LogP contribution in [-0.4, -0.2) is 18.0 Å². The third kappa shape index (κ3) is 3.02. The Morgan fingerprint density at radius 1 is 1.56 bits per heavy atom. The third-order valence-electron chi connectivity index (χ3n) is 2.93. The summed E-state index contributed by atoms with van der Waals surface area (Å²) in [5, 5.41) is 11.1. The minimum Gasteiger partial charge on any atom is -0.355 e. The van der Waals surface area contributed by atoms with Crippen LogP contribution < -0.4 is 4.90 Å². The standard InChI is InChI=1S/C13H13BrN2O2/c1-2-7-15(9-10-3-4-10)12-6-5-11(14)8-13(12)16(17)18/h1,5-6,8,10H,3-4,7,9H2. The first-order chi connectivity index (χ1) is 8.61. The Balaban J connectivity index is 2.32. The molecule has 1 saturated carbocycles. The van der Waals surface area contributed by atoms with Crippen molar-refractivity contribution in [2.45, 2.75) is 12.8 Å². The first-order valence-electron chi connectivity index (χ1n) is 5.74. The lowest BCUT2D eigenvalue weighted by Gasteiger charge is -2.22. The Labute approximate surface area is 114 Å². The molecule has 94 valence electrons. The second-order valence-corrected chi connectivity index (χ2v) is 5.33. The Kier molecular flexibility index (Phi) is 3.87. The van der Waals surface area contributed by atoms with Gasteiger partial charge in [0.1, 0.15) is 5.69 Å². The molecule has 0 N–H and O–H groups in total. The Bertz CT molecular complexity index is 506. The van der Waals surface area contributed by atoms with Crippen molar-refractivity contribution >= 4 is 27.3 Å². The molecule has 0 spiro atoms. The van der Waals surface area contributed by atoms with Crippen molar-refractivity contribution < 1.29 is 4.92 Å². The van der Waals surface area contributed by atoms with E-state index in [1.807, 2.05) is 4.90 Å². The van der Waals surface area contributed by atoms with E-state index in [0.717, 1.165) is 6.54 Å². The predicted octanol–water partition coefficient (Wildman–Crippen LogP) is 3.21. The lowest BCUT2D eigenvalue weighted by atomic mass is 10.2. The van der Waals surface area contributed by atoms with Crippen LogP contribution >= 0.6 is 15.9 Å². The van der Waals surface area contributed by atoms with Crippen LogP contribution in [0, 0.1) is 28.4 Å². The molecule has 5 heteroatoms. The Hall–Kier alpha value is -1.54. The number of rotatable bonds is 5. The number of nitrogens with zero attached hydrogens (tertiary/aromatic N) is 2. The highest BCUT2D eigenvalue weighted by Crippen LogP contribution is 2.35. The third-order valence-corrected chi connectivity index (χ3v) is 3.43. The Morgan fingerprint density at radius 2 is 2.28 bits per heavy atom. The molecule has 0 atom stereocenters. The number of hydrogen-bond acceptors (Lipinski definition) is 3. The van der Waals surface area contributed by atoms with Gasteiger partial charge in [0.15, 0.2) is 0 Å². The number of terminal acetylenes is 1. The van der Waals surface area contributed by atoms with E-state index in [1.165, 1.54) is 18.9 Å². The SMILES string of the molecule is C#CCN(CC1CC1)c1ccc(Br)cc1[N+](=O)[O-]. The molecule has 1 aliphatic rings. The number of anilines is 1. The quantitative estimate of drug-likeness (QED) is 0.477. The number of nitro groups is 1. The number of halogens is 1. The van der Waals surface area contributed by atoms with Gasteiger partial charge in [-0.25, -0.2) is 0 Å². The number of benzene rings is 1. The fraction of sp³-hybridized carbons (Fsp3) is 0.385. The first kappa shape index (κ1) is 12.9. The molecule has 0 unspecified atom stereocenters. The van der Waals surface area contributed by atoms with Crippen LogP contribution in [-0.2, 0) is 0 Å². The smallest absolute Gasteiger partial charge is 0.293 e. The monoisotopic (exact) mass is 308 g/mol. The average molecular weight is 309 g/mol. The highest BCUT2D eigenvalue weighted by molar-refractivity contribution is 9.10. The predicted molar refractivity (Wildman–Crippen MR) is 74.6 cm³/mol. The van der Waals surface area contributed by atoms with Gasteiger partial charge < -0.3 is 4.90 Å². The largest absolute Gasteiger partial charge is 0.355 e. The summed E-state index contributed by atoms with van der Waals surface area (Å²) in [4.78, 5) is 12.6. The van der Waals surface area contributed by atoms with Crippen molar-refractivity contribution in [1.29, 1.82) is 0 Å². The summed E-state index contributed by atoms with van der Waals surface area (Å²) < 4.78 is 0.699. The van der Waals surface area contributed by atoms with E-state index in [4.69, 9.17) is 6.42 Å². The molecule has 0 heterocycles. The highest BCUT2D eigenvalue weighted by atomic mass is 79.9. The van der Waals surface area contributed by atoms with Crippen LogP contribution in [0.2, 0.25) is 0 Å². The lowest BCUT2D eigenvalue weighted by Crippen LogP contribution is -2.26. The summed E-state index contributed by atoms with van der Waals surface area (Å²) in [6, 6.07) is 5.08. The summed E-state index contributed by atoms with van der Waals surface area (Å²) in [5.41, 5.74) is 0.702. The van der Waals surface area contributed by atoms with Crippen LogP contribution in [0.25, 0.3) is 0 Å². The minimum atomic E-state index is -0.365. The van der Waals surface area contributed by atoms with Gasteiger partial charge in [-0.2, -0.15) is 0 Å². The molecule has 18 heavy (non-hydrogen) atoms. The zero-order valence-electron chi connectivity index (χ0n) is 9.80. The van der Waals surface area contributed by atoms with Crippen LogP contribution in [0.5, 0.6) is 0 Å². The second-order valence-electron chi connectivity index (χ2n) is 4.42. The molecule has 0 bridgehead atoms. The zero-order chi connectivity index (χ0) is 13.1. The van der Waals surface area contributed by atoms with Crippen LogP contribution in [0.3, 0.4) is 0 Å². The van der Waals surface area contributed by atoms with Gasteiger partial charge in [-0.1, -0.05) is 21.9 Å². The number of hydrogen-bond donors (Lipinski definition) is 0. The summed E-state index contributed by atoms with van der Waals surface area (Å²) in [6.07, 6.45) is 7.72. The zero-order valence-corrected chi connectivity index (χ0v) is 11.4. The Morgan fingerprint density at radius 3 is 2.83 bits per heavy atom. The van der Waals surface area contributed by atoms with E-state index in [-0.39, 0.29) is 10.6 Å². The van der Waals surface area contributed by atoms with Crippen LogP contribution in [0.15, 0.2) is 22.7 Å². The number of nitro benzene ring substituents is 1. The molecule has 2 rings (SSSR count). The van der Waals surface area contributed by atoms with Crippen molar-refractivity contribution in [3.8, 4) is 12.3 Å². The van der Waals surface area contributed by atoms with Gasteiger partial charge in [-0.15, -0.1) is 6.42 Å². The molecule has 1 aliphatic carbocycles. The highest BCUT2D eigenvalue weighted by Gasteiger charge is 2.27. The van der Waals surface area contributed by atoms with E-state index in [9.17, 15) is 10.1 Å². The maximum Gasteiger partial charge on any atom is 0.293 e. The topological polar surface area (TPSA) is 46.4 Å². The maximum absolute atomic E-state index is 11.1. The fourth-order valence-corrected chi connectivity index (χ4v) is 2.23. The lowest BCUT2D eigenvalue weighted by molar-refractivity contribution is -0.384. The molecule has 1 aromatic rings. The van der Waals surface area contributed by atoms with E-state index in [0.29, 0.717) is 22.6 Å². The summed E-state index contributed by atoms with van der Waals surface area (Å²) in [7, 11) is 0. The van der Waals surface area contributed by atoms with E-state index >= 15 is 0 Å². The van der Waals surface area contributed by atoms with E-state index < -0.39 is 0 Å². The van der Waals surface area contributed by atoms with Gasteiger partial charge in [-0.05, 0) is 30.9 Å². The van der Waals surface area contributed by atoms with Crippen molar-refractivity contribution in [3.05, 3.63) is 32.8 Å². The van der Waals surface area contributed by atoms with Crippen molar-refractivity contribution in [3.63, 3.8) is 0 Å². The molecular formula is C13H13BrN2O2.